The van der Waals surface area contributed by atoms with Crippen LogP contribution in [0.2, 0.25) is 0 Å². The summed E-state index contributed by atoms with van der Waals surface area (Å²) in [5.41, 5.74) is 5.24. The van der Waals surface area contributed by atoms with Crippen LogP contribution in [0, 0.1) is 6.92 Å². The number of imidazole rings is 1. The molecule has 1 heterocycles. The van der Waals surface area contributed by atoms with Crippen LogP contribution in [-0.4, -0.2) is 37.5 Å². The molecule has 0 spiro atoms. The summed E-state index contributed by atoms with van der Waals surface area (Å²) in [6, 6.07) is 18.4. The van der Waals surface area contributed by atoms with E-state index in [-0.39, 0.29) is 0 Å². The lowest BCUT2D eigenvalue weighted by molar-refractivity contribution is 0.296. The topological polar surface area (TPSA) is 54.7 Å². The van der Waals surface area contributed by atoms with Gasteiger partial charge in [-0.3, -0.25) is 0 Å². The van der Waals surface area contributed by atoms with Gasteiger partial charge in [-0.2, -0.15) is 0 Å². The van der Waals surface area contributed by atoms with Gasteiger partial charge in [0.1, 0.15) is 18.2 Å². The molecule has 0 fully saturated rings. The van der Waals surface area contributed by atoms with Crippen molar-refractivity contribution in [2.75, 3.05) is 27.9 Å². The van der Waals surface area contributed by atoms with Crippen molar-refractivity contribution >= 4 is 11.0 Å². The highest BCUT2D eigenvalue weighted by molar-refractivity contribution is 5.81. The molecule has 0 bridgehead atoms. The number of hydrogen-bond acceptors (Lipinski definition) is 5. The zero-order valence-corrected chi connectivity index (χ0v) is 20.7. The van der Waals surface area contributed by atoms with E-state index in [1.54, 1.807) is 21.3 Å². The molecule has 0 aliphatic rings. The molecule has 6 heteroatoms. The molecule has 4 aromatic rings. The maximum atomic E-state index is 6.30. The number of nitrogens with zero attached hydrogens (tertiary/aromatic N) is 2. The molecule has 0 aliphatic heterocycles. The molecule has 34 heavy (non-hydrogen) atoms. The lowest BCUT2D eigenvalue weighted by Crippen LogP contribution is -2.11. The average Bonchev–Trinajstić information content (AvgIpc) is 3.21. The molecule has 1 aromatic heterocycles. The SMILES string of the molecule is COc1cc(-c2nc3ccccc3n2CCOc2cc(C)ccc2C(C)C)cc(OC)c1OC. The second kappa shape index (κ2) is 10.1. The quantitative estimate of drug-likeness (QED) is 0.296. The van der Waals surface area contributed by atoms with E-state index in [2.05, 4.69) is 49.6 Å². The number of benzene rings is 3. The number of methoxy groups -OCH3 is 3. The van der Waals surface area contributed by atoms with Gasteiger partial charge in [-0.25, -0.2) is 4.98 Å². The van der Waals surface area contributed by atoms with Gasteiger partial charge in [0.25, 0.3) is 0 Å². The van der Waals surface area contributed by atoms with Crippen LogP contribution in [0.15, 0.2) is 54.6 Å². The van der Waals surface area contributed by atoms with Crippen LogP contribution in [-0.2, 0) is 6.54 Å². The summed E-state index contributed by atoms with van der Waals surface area (Å²) in [5, 5.41) is 0. The van der Waals surface area contributed by atoms with Crippen molar-refractivity contribution < 1.29 is 18.9 Å². The highest BCUT2D eigenvalue weighted by atomic mass is 16.5. The number of hydrogen-bond donors (Lipinski definition) is 0. The van der Waals surface area contributed by atoms with E-state index in [4.69, 9.17) is 23.9 Å². The van der Waals surface area contributed by atoms with E-state index in [1.165, 1.54) is 11.1 Å². The van der Waals surface area contributed by atoms with Gasteiger partial charge in [0, 0.05) is 5.56 Å². The van der Waals surface area contributed by atoms with Crippen LogP contribution in [0.1, 0.15) is 30.9 Å². The lowest BCUT2D eigenvalue weighted by atomic mass is 10.0. The fourth-order valence-electron chi connectivity index (χ4n) is 4.22. The number of fused-ring (bicyclic) bond motifs is 1. The summed E-state index contributed by atoms with van der Waals surface area (Å²) in [6.45, 7) is 7.61. The molecule has 0 unspecified atom stereocenters. The first-order valence-corrected chi connectivity index (χ1v) is 11.5. The number of aryl methyl sites for hydroxylation is 1. The van der Waals surface area contributed by atoms with E-state index in [0.29, 0.717) is 36.3 Å². The molecule has 0 saturated heterocycles. The van der Waals surface area contributed by atoms with Crippen molar-refractivity contribution in [2.24, 2.45) is 0 Å². The molecule has 6 nitrogen and oxygen atoms in total. The van der Waals surface area contributed by atoms with Gasteiger partial charge in [0.15, 0.2) is 11.5 Å². The molecule has 178 valence electrons. The van der Waals surface area contributed by atoms with Crippen molar-refractivity contribution in [1.82, 2.24) is 9.55 Å². The minimum atomic E-state index is 0.388. The second-order valence-corrected chi connectivity index (χ2v) is 8.53. The smallest absolute Gasteiger partial charge is 0.203 e. The molecule has 0 aliphatic carbocycles. The Bertz CT molecular complexity index is 1270. The molecular formula is C28H32N2O4. The van der Waals surface area contributed by atoms with Crippen LogP contribution < -0.4 is 18.9 Å². The molecule has 3 aromatic carbocycles. The van der Waals surface area contributed by atoms with Gasteiger partial charge >= 0.3 is 0 Å². The highest BCUT2D eigenvalue weighted by Gasteiger charge is 2.19. The fourth-order valence-corrected chi connectivity index (χ4v) is 4.22. The minimum absolute atomic E-state index is 0.388. The molecule has 0 atom stereocenters. The summed E-state index contributed by atoms with van der Waals surface area (Å²) >= 11 is 0. The molecule has 0 N–H and O–H groups in total. The predicted octanol–water partition coefficient (Wildman–Crippen LogP) is 6.24. The van der Waals surface area contributed by atoms with Crippen LogP contribution in [0.25, 0.3) is 22.4 Å². The Morgan fingerprint density at radius 2 is 1.56 bits per heavy atom. The molecule has 0 radical (unpaired) electrons. The Morgan fingerprint density at radius 1 is 0.853 bits per heavy atom. The Balaban J connectivity index is 1.72. The van der Waals surface area contributed by atoms with Gasteiger partial charge in [-0.05, 0) is 54.3 Å². The Hall–Kier alpha value is -3.67. The Morgan fingerprint density at radius 3 is 2.21 bits per heavy atom. The van der Waals surface area contributed by atoms with Crippen molar-refractivity contribution in [3.05, 3.63) is 65.7 Å². The third-order valence-electron chi connectivity index (χ3n) is 5.94. The van der Waals surface area contributed by atoms with E-state index < -0.39 is 0 Å². The zero-order valence-electron chi connectivity index (χ0n) is 20.7. The maximum Gasteiger partial charge on any atom is 0.203 e. The van der Waals surface area contributed by atoms with Crippen molar-refractivity contribution in [3.63, 3.8) is 0 Å². The first-order valence-electron chi connectivity index (χ1n) is 11.5. The first-order chi connectivity index (χ1) is 16.5. The summed E-state index contributed by atoms with van der Waals surface area (Å²) in [7, 11) is 4.83. The Labute approximate surface area is 201 Å². The van der Waals surface area contributed by atoms with Gasteiger partial charge in [0.2, 0.25) is 5.75 Å². The number of rotatable bonds is 9. The molecule has 0 saturated carbocycles. The lowest BCUT2D eigenvalue weighted by Gasteiger charge is -2.17. The van der Waals surface area contributed by atoms with Gasteiger partial charge in [-0.1, -0.05) is 38.1 Å². The minimum Gasteiger partial charge on any atom is -0.493 e. The summed E-state index contributed by atoms with van der Waals surface area (Å²) in [5.74, 6) is 3.88. The van der Waals surface area contributed by atoms with E-state index in [1.807, 2.05) is 30.3 Å². The van der Waals surface area contributed by atoms with Crippen molar-refractivity contribution in [3.8, 4) is 34.4 Å². The third-order valence-corrected chi connectivity index (χ3v) is 5.94. The first kappa shape index (κ1) is 23.5. The van der Waals surface area contributed by atoms with E-state index in [9.17, 15) is 0 Å². The molecule has 4 rings (SSSR count). The second-order valence-electron chi connectivity index (χ2n) is 8.53. The monoisotopic (exact) mass is 460 g/mol. The number of para-hydroxylation sites is 2. The van der Waals surface area contributed by atoms with Gasteiger partial charge in [-0.15, -0.1) is 0 Å². The molecular weight excluding hydrogens is 428 g/mol. The zero-order chi connectivity index (χ0) is 24.2. The van der Waals surface area contributed by atoms with Crippen molar-refractivity contribution in [2.45, 2.75) is 33.2 Å². The van der Waals surface area contributed by atoms with Gasteiger partial charge in [0.05, 0.1) is 38.9 Å². The van der Waals surface area contributed by atoms with E-state index >= 15 is 0 Å². The number of aromatic nitrogens is 2. The number of ether oxygens (including phenoxy) is 4. The fraction of sp³-hybridized carbons (Fsp3) is 0.321. The maximum absolute atomic E-state index is 6.30. The summed E-state index contributed by atoms with van der Waals surface area (Å²) in [6.07, 6.45) is 0. The average molecular weight is 461 g/mol. The van der Waals surface area contributed by atoms with Crippen LogP contribution in [0.4, 0.5) is 0 Å². The molecule has 0 amide bonds. The van der Waals surface area contributed by atoms with Crippen LogP contribution in [0.3, 0.4) is 0 Å². The van der Waals surface area contributed by atoms with E-state index in [0.717, 1.165) is 28.2 Å². The largest absolute Gasteiger partial charge is 0.493 e. The van der Waals surface area contributed by atoms with Crippen molar-refractivity contribution in [1.29, 1.82) is 0 Å². The van der Waals surface area contributed by atoms with Gasteiger partial charge < -0.3 is 23.5 Å². The standard InChI is InChI=1S/C28H32N2O4/c1-18(2)21-12-11-19(3)15-24(21)34-14-13-30-23-10-8-7-9-22(23)29-28(30)20-16-25(31-4)27(33-6)26(17-20)32-5/h7-12,15-18H,13-14H2,1-6H3. The third kappa shape index (κ3) is 4.53. The summed E-state index contributed by atoms with van der Waals surface area (Å²) < 4.78 is 25.1. The highest BCUT2D eigenvalue weighted by Crippen LogP contribution is 2.41. The van der Waals surface area contributed by atoms with Crippen LogP contribution in [0.5, 0.6) is 23.0 Å². The predicted molar refractivity (Wildman–Crippen MR) is 136 cm³/mol. The normalized spacial score (nSPS) is 11.1. The Kier molecular flexibility index (Phi) is 6.96. The summed E-state index contributed by atoms with van der Waals surface area (Å²) in [4.78, 5) is 4.93. The van der Waals surface area contributed by atoms with Crippen LogP contribution >= 0.6 is 0 Å².